The number of pyridine rings is 1. The molecule has 1 aromatic carbocycles. The van der Waals surface area contributed by atoms with Crippen molar-refractivity contribution < 1.29 is 0 Å². The molecule has 0 radical (unpaired) electrons. The second-order valence-electron chi connectivity index (χ2n) is 4.99. The van der Waals surface area contributed by atoms with Crippen LogP contribution in [0.2, 0.25) is 5.02 Å². The molecule has 20 heavy (non-hydrogen) atoms. The van der Waals surface area contributed by atoms with E-state index < -0.39 is 0 Å². The van der Waals surface area contributed by atoms with Crippen molar-refractivity contribution >= 4 is 27.5 Å². The van der Waals surface area contributed by atoms with Crippen LogP contribution in [0.4, 0.5) is 0 Å². The van der Waals surface area contributed by atoms with Gasteiger partial charge in [-0.3, -0.25) is 9.69 Å². The Bertz CT molecular complexity index is 699. The third-order valence-electron chi connectivity index (χ3n) is 3.55. The molecular weight excluding hydrogens is 340 g/mol. The normalized spacial score (nSPS) is 15.1. The Hall–Kier alpha value is -1.10. The smallest absolute Gasteiger partial charge is 0.181 e. The second kappa shape index (κ2) is 5.72. The first-order valence-electron chi connectivity index (χ1n) is 6.47. The van der Waals surface area contributed by atoms with E-state index in [1.807, 2.05) is 24.4 Å². The topological polar surface area (TPSA) is 25.2 Å². The van der Waals surface area contributed by atoms with Crippen LogP contribution in [0.5, 0.6) is 0 Å². The Morgan fingerprint density at radius 1 is 1.20 bits per heavy atom. The number of hydrogen-bond acceptors (Lipinski definition) is 2. The van der Waals surface area contributed by atoms with Gasteiger partial charge in [-0.2, -0.15) is 0 Å². The van der Waals surface area contributed by atoms with Crippen LogP contribution < -0.4 is 5.43 Å². The van der Waals surface area contributed by atoms with Crippen molar-refractivity contribution in [2.45, 2.75) is 19.6 Å². The highest BCUT2D eigenvalue weighted by Crippen LogP contribution is 2.23. The molecule has 1 aliphatic heterocycles. The Balaban J connectivity index is 1.78. The molecule has 0 atom stereocenters. The Kier molecular flexibility index (Phi) is 3.96. The molecule has 2 heterocycles. The predicted molar refractivity (Wildman–Crippen MR) is 84.0 cm³/mol. The van der Waals surface area contributed by atoms with Crippen LogP contribution >= 0.6 is 27.5 Å². The highest BCUT2D eigenvalue weighted by Gasteiger charge is 2.16. The van der Waals surface area contributed by atoms with Gasteiger partial charge in [0, 0.05) is 59.7 Å². The molecule has 0 bridgehead atoms. The molecule has 1 aromatic heterocycles. The van der Waals surface area contributed by atoms with E-state index in [2.05, 4.69) is 25.4 Å². The second-order valence-corrected chi connectivity index (χ2v) is 6.32. The Morgan fingerprint density at radius 3 is 2.85 bits per heavy atom. The van der Waals surface area contributed by atoms with Crippen LogP contribution in [0.15, 0.2) is 45.8 Å². The van der Waals surface area contributed by atoms with E-state index >= 15 is 0 Å². The lowest BCUT2D eigenvalue weighted by Crippen LogP contribution is -2.34. The molecule has 1 aliphatic rings. The Labute approximate surface area is 130 Å². The minimum Gasteiger partial charge on any atom is -0.349 e. The molecule has 5 heteroatoms. The van der Waals surface area contributed by atoms with Gasteiger partial charge in [0.15, 0.2) is 5.43 Å². The lowest BCUT2D eigenvalue weighted by molar-refractivity contribution is 0.211. The maximum absolute atomic E-state index is 11.4. The van der Waals surface area contributed by atoms with Crippen LogP contribution in [0.3, 0.4) is 0 Å². The van der Waals surface area contributed by atoms with Gasteiger partial charge in [0.25, 0.3) is 0 Å². The van der Waals surface area contributed by atoms with Crippen molar-refractivity contribution in [2.24, 2.45) is 0 Å². The summed E-state index contributed by atoms with van der Waals surface area (Å²) in [5.41, 5.74) is 2.25. The maximum Gasteiger partial charge on any atom is 0.181 e. The quantitative estimate of drug-likeness (QED) is 0.828. The average molecular weight is 354 g/mol. The zero-order valence-electron chi connectivity index (χ0n) is 10.9. The van der Waals surface area contributed by atoms with Crippen molar-refractivity contribution in [1.82, 2.24) is 9.47 Å². The van der Waals surface area contributed by atoms with Crippen LogP contribution in [-0.4, -0.2) is 16.0 Å². The molecule has 0 fully saturated rings. The lowest BCUT2D eigenvalue weighted by Gasteiger charge is -2.30. The molecule has 0 N–H and O–H groups in total. The minimum atomic E-state index is 0.0692. The van der Waals surface area contributed by atoms with Gasteiger partial charge in [-0.1, -0.05) is 33.6 Å². The number of fused-ring (bicyclic) bond motifs is 1. The summed E-state index contributed by atoms with van der Waals surface area (Å²) in [6.07, 6.45) is 1.88. The van der Waals surface area contributed by atoms with E-state index in [0.717, 1.165) is 46.9 Å². The number of halogens is 2. The van der Waals surface area contributed by atoms with Gasteiger partial charge in [0.05, 0.1) is 0 Å². The fourth-order valence-corrected chi connectivity index (χ4v) is 3.23. The highest BCUT2D eigenvalue weighted by atomic mass is 79.9. The van der Waals surface area contributed by atoms with E-state index in [0.29, 0.717) is 0 Å². The third kappa shape index (κ3) is 2.97. The molecule has 0 aliphatic carbocycles. The molecule has 104 valence electrons. The molecule has 3 rings (SSSR count). The third-order valence-corrected chi connectivity index (χ3v) is 4.39. The van der Waals surface area contributed by atoms with E-state index in [9.17, 15) is 4.79 Å². The average Bonchev–Trinajstić information content (AvgIpc) is 2.41. The van der Waals surface area contributed by atoms with Crippen molar-refractivity contribution in [3.05, 3.63) is 67.5 Å². The standard InChI is InChI=1S/C15H14BrClN2O/c16-12-2-1-11(15(17)7-12)9-18-5-6-19-4-3-14(20)8-13(19)10-18/h1-4,7-8H,5-6,9-10H2. The van der Waals surface area contributed by atoms with Crippen molar-refractivity contribution in [1.29, 1.82) is 0 Å². The Morgan fingerprint density at radius 2 is 2.05 bits per heavy atom. The summed E-state index contributed by atoms with van der Waals surface area (Å²) in [6, 6.07) is 9.29. The van der Waals surface area contributed by atoms with E-state index in [4.69, 9.17) is 11.6 Å². The van der Waals surface area contributed by atoms with Crippen molar-refractivity contribution in [3.8, 4) is 0 Å². The van der Waals surface area contributed by atoms with E-state index in [1.165, 1.54) is 0 Å². The summed E-state index contributed by atoms with van der Waals surface area (Å²) >= 11 is 9.68. The zero-order valence-corrected chi connectivity index (χ0v) is 13.2. The first-order valence-corrected chi connectivity index (χ1v) is 7.64. The number of rotatable bonds is 2. The number of nitrogens with zero attached hydrogens (tertiary/aromatic N) is 2. The van der Waals surface area contributed by atoms with Gasteiger partial charge in [-0.05, 0) is 17.7 Å². The SMILES string of the molecule is O=c1ccn2c(c1)CN(Cc1ccc(Br)cc1Cl)CC2. The molecule has 0 saturated heterocycles. The maximum atomic E-state index is 11.4. The van der Waals surface area contributed by atoms with Crippen molar-refractivity contribution in [2.75, 3.05) is 6.54 Å². The molecule has 0 saturated carbocycles. The van der Waals surface area contributed by atoms with Crippen LogP contribution in [0, 0.1) is 0 Å². The van der Waals surface area contributed by atoms with Crippen molar-refractivity contribution in [3.63, 3.8) is 0 Å². The monoisotopic (exact) mass is 352 g/mol. The summed E-state index contributed by atoms with van der Waals surface area (Å²) in [6.45, 7) is 3.45. The van der Waals surface area contributed by atoms with E-state index in [-0.39, 0.29) is 5.43 Å². The molecule has 0 spiro atoms. The van der Waals surface area contributed by atoms with Gasteiger partial charge < -0.3 is 4.57 Å². The van der Waals surface area contributed by atoms with Crippen LogP contribution in [0.1, 0.15) is 11.3 Å². The molecular formula is C15H14BrClN2O. The lowest BCUT2D eigenvalue weighted by atomic mass is 10.2. The molecule has 0 amide bonds. The first-order chi connectivity index (χ1) is 9.61. The number of hydrogen-bond donors (Lipinski definition) is 0. The van der Waals surface area contributed by atoms with Gasteiger partial charge >= 0.3 is 0 Å². The fraction of sp³-hybridized carbons (Fsp3) is 0.267. The summed E-state index contributed by atoms with van der Waals surface area (Å²) in [4.78, 5) is 13.7. The fourth-order valence-electron chi connectivity index (χ4n) is 2.49. The summed E-state index contributed by atoms with van der Waals surface area (Å²) in [5, 5.41) is 0.774. The molecule has 0 unspecified atom stereocenters. The largest absolute Gasteiger partial charge is 0.349 e. The first kappa shape index (κ1) is 13.9. The summed E-state index contributed by atoms with van der Waals surface area (Å²) in [5.74, 6) is 0. The van der Waals surface area contributed by atoms with Gasteiger partial charge in [-0.15, -0.1) is 0 Å². The van der Waals surface area contributed by atoms with E-state index in [1.54, 1.807) is 12.1 Å². The van der Waals surface area contributed by atoms with Gasteiger partial charge in [0.2, 0.25) is 0 Å². The highest BCUT2D eigenvalue weighted by molar-refractivity contribution is 9.10. The van der Waals surface area contributed by atoms with Gasteiger partial charge in [-0.25, -0.2) is 0 Å². The summed E-state index contributed by atoms with van der Waals surface area (Å²) in [7, 11) is 0. The molecule has 3 nitrogen and oxygen atoms in total. The minimum absolute atomic E-state index is 0.0692. The molecule has 2 aromatic rings. The number of benzene rings is 1. The summed E-state index contributed by atoms with van der Waals surface area (Å²) < 4.78 is 3.13. The zero-order chi connectivity index (χ0) is 14.1. The van der Waals surface area contributed by atoms with Crippen LogP contribution in [0.25, 0.3) is 0 Å². The van der Waals surface area contributed by atoms with Crippen LogP contribution in [-0.2, 0) is 19.6 Å². The van der Waals surface area contributed by atoms with Gasteiger partial charge in [0.1, 0.15) is 0 Å². The predicted octanol–water partition coefficient (Wildman–Crippen LogP) is 3.28. The number of aromatic nitrogens is 1.